The van der Waals surface area contributed by atoms with Crippen molar-refractivity contribution in [3.63, 3.8) is 0 Å². The molecule has 0 spiro atoms. The number of halogens is 2. The molecule has 0 unspecified atom stereocenters. The van der Waals surface area contributed by atoms with Crippen LogP contribution in [0.3, 0.4) is 0 Å². The number of nitrogens with zero attached hydrogens (tertiary/aromatic N) is 4. The second-order valence-corrected chi connectivity index (χ2v) is 6.38. The van der Waals surface area contributed by atoms with Crippen LogP contribution in [0.15, 0.2) is 48.8 Å². The Balaban J connectivity index is 1.69. The van der Waals surface area contributed by atoms with Crippen molar-refractivity contribution in [2.24, 2.45) is 0 Å². The number of pyridine rings is 2. The maximum absolute atomic E-state index is 14.5. The highest BCUT2D eigenvalue weighted by atomic mass is 19.1. The van der Waals surface area contributed by atoms with Crippen LogP contribution in [-0.4, -0.2) is 33.8 Å². The van der Waals surface area contributed by atoms with Crippen LogP contribution in [-0.2, 0) is 12.8 Å². The van der Waals surface area contributed by atoms with E-state index in [4.69, 9.17) is 9.47 Å². The molecule has 29 heavy (non-hydrogen) atoms. The zero-order chi connectivity index (χ0) is 20.4. The number of hydrogen-bond acceptors (Lipinski definition) is 5. The number of methoxy groups -OCH3 is 2. The lowest BCUT2D eigenvalue weighted by Gasteiger charge is -2.12. The lowest BCUT2D eigenvalue weighted by Crippen LogP contribution is -2.03. The largest absolute Gasteiger partial charge is 0.496 e. The SMILES string of the molecule is COc1ccc(-c2ccc(CCc3c(F)cccc3OC)n3cnnc23)c(F)n1. The van der Waals surface area contributed by atoms with Crippen molar-refractivity contribution < 1.29 is 18.3 Å². The Morgan fingerprint density at radius 3 is 2.52 bits per heavy atom. The van der Waals surface area contributed by atoms with E-state index in [0.29, 0.717) is 40.9 Å². The van der Waals surface area contributed by atoms with E-state index in [-0.39, 0.29) is 11.7 Å². The van der Waals surface area contributed by atoms with Crippen LogP contribution < -0.4 is 9.47 Å². The highest BCUT2D eigenvalue weighted by Gasteiger charge is 2.16. The van der Waals surface area contributed by atoms with Crippen LogP contribution >= 0.6 is 0 Å². The van der Waals surface area contributed by atoms with Crippen LogP contribution in [0.2, 0.25) is 0 Å². The second kappa shape index (κ2) is 7.83. The first-order chi connectivity index (χ1) is 14.1. The van der Waals surface area contributed by atoms with Gasteiger partial charge in [0.25, 0.3) is 0 Å². The van der Waals surface area contributed by atoms with Crippen molar-refractivity contribution in [3.05, 3.63) is 71.8 Å². The Labute approximate surface area is 165 Å². The quantitative estimate of drug-likeness (QED) is 0.463. The first-order valence-corrected chi connectivity index (χ1v) is 8.96. The average molecular weight is 396 g/mol. The van der Waals surface area contributed by atoms with Crippen molar-refractivity contribution in [2.45, 2.75) is 12.8 Å². The minimum absolute atomic E-state index is 0.194. The van der Waals surface area contributed by atoms with Crippen LogP contribution in [0.25, 0.3) is 16.8 Å². The van der Waals surface area contributed by atoms with Gasteiger partial charge < -0.3 is 9.47 Å². The summed E-state index contributed by atoms with van der Waals surface area (Å²) in [5.74, 6) is -0.266. The van der Waals surface area contributed by atoms with E-state index >= 15 is 0 Å². The number of aromatic nitrogens is 4. The van der Waals surface area contributed by atoms with Gasteiger partial charge in [-0.25, -0.2) is 4.39 Å². The van der Waals surface area contributed by atoms with Crippen molar-refractivity contribution >= 4 is 5.65 Å². The molecule has 0 N–H and O–H groups in total. The Bertz CT molecular complexity index is 1180. The highest BCUT2D eigenvalue weighted by molar-refractivity contribution is 5.77. The molecule has 0 aliphatic heterocycles. The molecule has 0 saturated carbocycles. The third kappa shape index (κ3) is 3.49. The summed E-state index contributed by atoms with van der Waals surface area (Å²) in [7, 11) is 2.94. The summed E-state index contributed by atoms with van der Waals surface area (Å²) in [4.78, 5) is 3.78. The van der Waals surface area contributed by atoms with Crippen LogP contribution in [0.4, 0.5) is 8.78 Å². The van der Waals surface area contributed by atoms with E-state index in [0.717, 1.165) is 5.69 Å². The predicted octanol–water partition coefficient (Wildman–Crippen LogP) is 3.87. The maximum atomic E-state index is 14.5. The van der Waals surface area contributed by atoms with Crippen LogP contribution in [0.5, 0.6) is 11.6 Å². The second-order valence-electron chi connectivity index (χ2n) is 6.38. The third-order valence-electron chi connectivity index (χ3n) is 4.79. The summed E-state index contributed by atoms with van der Waals surface area (Å²) in [6.07, 6.45) is 2.51. The van der Waals surface area contributed by atoms with Gasteiger partial charge in [0.2, 0.25) is 11.8 Å². The highest BCUT2D eigenvalue weighted by Crippen LogP contribution is 2.29. The number of benzene rings is 1. The molecule has 0 amide bonds. The van der Waals surface area contributed by atoms with E-state index in [1.165, 1.54) is 20.3 Å². The molecule has 3 heterocycles. The first kappa shape index (κ1) is 18.8. The van der Waals surface area contributed by atoms with Crippen LogP contribution in [0, 0.1) is 11.8 Å². The smallest absolute Gasteiger partial charge is 0.224 e. The summed E-state index contributed by atoms with van der Waals surface area (Å²) in [5, 5.41) is 8.10. The molecule has 0 fully saturated rings. The fourth-order valence-corrected chi connectivity index (χ4v) is 3.34. The minimum atomic E-state index is -0.655. The van der Waals surface area contributed by atoms with Crippen molar-refractivity contribution in [1.29, 1.82) is 0 Å². The fourth-order valence-electron chi connectivity index (χ4n) is 3.34. The number of fused-ring (bicyclic) bond motifs is 1. The van der Waals surface area contributed by atoms with Gasteiger partial charge in [0.05, 0.1) is 14.2 Å². The predicted molar refractivity (Wildman–Crippen MR) is 103 cm³/mol. The van der Waals surface area contributed by atoms with Crippen molar-refractivity contribution in [2.75, 3.05) is 14.2 Å². The lowest BCUT2D eigenvalue weighted by atomic mass is 10.0. The Kier molecular flexibility index (Phi) is 5.07. The van der Waals surface area contributed by atoms with Gasteiger partial charge in [-0.1, -0.05) is 6.07 Å². The van der Waals surface area contributed by atoms with E-state index in [2.05, 4.69) is 15.2 Å². The van der Waals surface area contributed by atoms with Crippen LogP contribution in [0.1, 0.15) is 11.3 Å². The number of hydrogen-bond donors (Lipinski definition) is 0. The Morgan fingerprint density at radius 2 is 1.76 bits per heavy atom. The third-order valence-corrected chi connectivity index (χ3v) is 4.79. The summed E-state index contributed by atoms with van der Waals surface area (Å²) < 4.78 is 40.7. The number of aryl methyl sites for hydroxylation is 1. The Morgan fingerprint density at radius 1 is 0.931 bits per heavy atom. The minimum Gasteiger partial charge on any atom is -0.496 e. The number of ether oxygens (including phenoxy) is 2. The van der Waals surface area contributed by atoms with Crippen molar-refractivity contribution in [1.82, 2.24) is 19.6 Å². The van der Waals surface area contributed by atoms with E-state index in [1.54, 1.807) is 41.1 Å². The molecule has 0 atom stereocenters. The molecule has 148 valence electrons. The summed E-state index contributed by atoms with van der Waals surface area (Å²) in [6, 6.07) is 11.6. The zero-order valence-corrected chi connectivity index (χ0v) is 15.9. The molecule has 1 aromatic carbocycles. The van der Waals surface area contributed by atoms with Gasteiger partial charge in [0.15, 0.2) is 5.65 Å². The Hall–Kier alpha value is -3.55. The fraction of sp³-hybridized carbons (Fsp3) is 0.190. The topological polar surface area (TPSA) is 61.5 Å². The van der Waals surface area contributed by atoms with Gasteiger partial charge in [-0.05, 0) is 43.2 Å². The maximum Gasteiger partial charge on any atom is 0.224 e. The molecular formula is C21H18F2N4O2. The summed E-state index contributed by atoms with van der Waals surface area (Å²) in [5.41, 5.74) is 2.72. The molecule has 6 nitrogen and oxygen atoms in total. The molecular weight excluding hydrogens is 378 g/mol. The van der Waals surface area contributed by atoms with Gasteiger partial charge in [-0.15, -0.1) is 10.2 Å². The average Bonchev–Trinajstić information content (AvgIpc) is 3.23. The van der Waals surface area contributed by atoms with E-state index in [1.807, 2.05) is 6.07 Å². The van der Waals surface area contributed by atoms with Gasteiger partial charge >= 0.3 is 0 Å². The molecule has 4 aromatic rings. The van der Waals surface area contributed by atoms with Gasteiger partial charge in [0.1, 0.15) is 17.9 Å². The van der Waals surface area contributed by atoms with Gasteiger partial charge in [-0.3, -0.25) is 4.40 Å². The molecule has 4 rings (SSSR count). The molecule has 3 aromatic heterocycles. The monoisotopic (exact) mass is 396 g/mol. The van der Waals surface area contributed by atoms with E-state index in [9.17, 15) is 8.78 Å². The van der Waals surface area contributed by atoms with E-state index < -0.39 is 5.95 Å². The molecule has 0 radical (unpaired) electrons. The standard InChI is InChI=1S/C21H18F2N4O2/c1-28-18-5-3-4-17(22)16(18)9-7-13-6-8-15(21-26-24-12-27(13)21)14-10-11-19(29-2)25-20(14)23/h3-6,8,10-12H,7,9H2,1-2H3. The summed E-state index contributed by atoms with van der Waals surface area (Å²) >= 11 is 0. The molecule has 0 aliphatic rings. The first-order valence-electron chi connectivity index (χ1n) is 8.96. The molecule has 0 bridgehead atoms. The van der Waals surface area contributed by atoms with Gasteiger partial charge in [0, 0.05) is 28.5 Å². The number of rotatable bonds is 6. The molecule has 0 aliphatic carbocycles. The molecule has 8 heteroatoms. The zero-order valence-electron chi connectivity index (χ0n) is 15.9. The summed E-state index contributed by atoms with van der Waals surface area (Å²) in [6.45, 7) is 0. The van der Waals surface area contributed by atoms with Crippen molar-refractivity contribution in [3.8, 4) is 22.8 Å². The molecule has 0 saturated heterocycles. The lowest BCUT2D eigenvalue weighted by molar-refractivity contribution is 0.388. The normalized spacial score (nSPS) is 11.0. The van der Waals surface area contributed by atoms with Gasteiger partial charge in [-0.2, -0.15) is 9.37 Å².